The van der Waals surface area contributed by atoms with Crippen LogP contribution in [-0.2, 0) is 10.1 Å². The van der Waals surface area contributed by atoms with Crippen molar-refractivity contribution < 1.29 is 18.1 Å². The highest BCUT2D eigenvalue weighted by Crippen LogP contribution is 1.91. The lowest BCUT2D eigenvalue weighted by atomic mass is 10.5. The molecule has 0 aromatic heterocycles. The van der Waals surface area contributed by atoms with E-state index in [1.165, 1.54) is 0 Å². The lowest BCUT2D eigenvalue weighted by molar-refractivity contribution is 0.218. The molecule has 1 atom stereocenters. The molecule has 0 saturated heterocycles. The Labute approximate surface area is 58.2 Å². The smallest absolute Gasteiger partial charge is 0.0971 e. The van der Waals surface area contributed by atoms with Gasteiger partial charge in [0, 0.05) is 5.88 Å². The van der Waals surface area contributed by atoms with Gasteiger partial charge in [-0.25, -0.2) is 8.42 Å². The summed E-state index contributed by atoms with van der Waals surface area (Å²) in [6.07, 6.45) is -1.24. The zero-order chi connectivity index (χ0) is 7.49. The molecule has 0 saturated carbocycles. The maximum atomic E-state index is 9.83. The molecule has 0 amide bonds. The van der Waals surface area contributed by atoms with Gasteiger partial charge in [-0.1, -0.05) is 0 Å². The first-order chi connectivity index (χ1) is 3.95. The van der Waals surface area contributed by atoms with Gasteiger partial charge in [-0.3, -0.25) is 0 Å². The normalized spacial score (nSPS) is 15.4. The first kappa shape index (κ1) is 9.16. The summed E-state index contributed by atoms with van der Waals surface area (Å²) in [5.74, 6) is -1.04. The van der Waals surface area contributed by atoms with Crippen LogP contribution in [-0.4, -0.2) is 35.8 Å². The van der Waals surface area contributed by atoms with E-state index in [0.717, 1.165) is 0 Å². The third-order valence-corrected chi connectivity index (χ3v) is 1.72. The van der Waals surface area contributed by atoms with E-state index in [2.05, 4.69) is 0 Å². The van der Waals surface area contributed by atoms with Gasteiger partial charge in [-0.15, -0.1) is 11.6 Å². The summed E-state index contributed by atoms with van der Waals surface area (Å²) in [5, 5.41) is 8.48. The Hall–Kier alpha value is 0.160. The summed E-state index contributed by atoms with van der Waals surface area (Å²) in [4.78, 5) is 0. The quantitative estimate of drug-likeness (QED) is 0.445. The monoisotopic (exact) mass is 173 g/mol. The zero-order valence-corrected chi connectivity index (χ0v) is 6.02. The van der Waals surface area contributed by atoms with Crippen molar-refractivity contribution in [2.24, 2.45) is 0 Å². The van der Waals surface area contributed by atoms with Gasteiger partial charge in [-0.2, -0.15) is 0 Å². The molecule has 0 radical (unpaired) electrons. The minimum atomic E-state index is -4.32. The van der Waals surface area contributed by atoms with Crippen LogP contribution in [0.1, 0.15) is 0 Å². The second kappa shape index (κ2) is 3.36. The molecule has 0 unspecified atom stereocenters. The van der Waals surface area contributed by atoms with Crippen molar-refractivity contribution in [1.82, 2.24) is 0 Å². The van der Waals surface area contributed by atoms with Crippen LogP contribution in [0.3, 0.4) is 0 Å². The largest absolute Gasteiger partial charge is 0.748 e. The van der Waals surface area contributed by atoms with Crippen molar-refractivity contribution in [2.45, 2.75) is 6.10 Å². The van der Waals surface area contributed by atoms with Crippen LogP contribution in [0.15, 0.2) is 0 Å². The molecule has 0 aliphatic carbocycles. The minimum Gasteiger partial charge on any atom is -0.748 e. The fraction of sp³-hybridized carbons (Fsp3) is 1.00. The number of rotatable bonds is 3. The third kappa shape index (κ3) is 6.04. The van der Waals surface area contributed by atoms with Crippen LogP contribution in [0.5, 0.6) is 0 Å². The molecule has 4 nitrogen and oxygen atoms in total. The van der Waals surface area contributed by atoms with Gasteiger partial charge in [-0.05, 0) is 0 Å². The number of alkyl halides is 1. The molecule has 0 aliphatic rings. The summed E-state index contributed by atoms with van der Waals surface area (Å²) in [6.45, 7) is 0. The second-order valence-electron chi connectivity index (χ2n) is 1.53. The van der Waals surface area contributed by atoms with Gasteiger partial charge in [0.2, 0.25) is 0 Å². The molecule has 0 aromatic rings. The highest BCUT2D eigenvalue weighted by atomic mass is 35.5. The zero-order valence-electron chi connectivity index (χ0n) is 4.45. The lowest BCUT2D eigenvalue weighted by Gasteiger charge is -2.09. The third-order valence-electron chi connectivity index (χ3n) is 0.575. The minimum absolute atomic E-state index is 0.235. The summed E-state index contributed by atoms with van der Waals surface area (Å²) >= 11 is 5.00. The maximum Gasteiger partial charge on any atom is 0.0971 e. The average molecular weight is 174 g/mol. The number of hydrogen-bond acceptors (Lipinski definition) is 4. The van der Waals surface area contributed by atoms with E-state index in [0.29, 0.717) is 0 Å². The summed E-state index contributed by atoms with van der Waals surface area (Å²) in [7, 11) is -4.32. The Bertz CT molecular complexity index is 163. The van der Waals surface area contributed by atoms with E-state index in [4.69, 9.17) is 16.7 Å². The molecule has 6 heteroatoms. The number of halogens is 1. The van der Waals surface area contributed by atoms with E-state index in [1.54, 1.807) is 0 Å². The standard InChI is InChI=1S/C3H7ClO4S/c4-1-3(5)2-9(6,7)8/h3,5H,1-2H2,(H,6,7,8)/p-1/t3-/m0/s1. The Morgan fingerprint density at radius 1 is 1.67 bits per heavy atom. The van der Waals surface area contributed by atoms with Crippen LogP contribution >= 0.6 is 11.6 Å². The molecule has 0 spiro atoms. The number of aliphatic hydroxyl groups excluding tert-OH is 1. The SMILES string of the molecule is O=S(=O)([O-])C[C@@H](O)CCl. The molecule has 1 N–H and O–H groups in total. The molecule has 0 fully saturated rings. The number of aliphatic hydroxyl groups is 1. The fourth-order valence-electron chi connectivity index (χ4n) is 0.280. The molecule has 0 heterocycles. The number of hydrogen-bond donors (Lipinski definition) is 1. The van der Waals surface area contributed by atoms with Crippen LogP contribution in [0.25, 0.3) is 0 Å². The van der Waals surface area contributed by atoms with Crippen LogP contribution < -0.4 is 0 Å². The van der Waals surface area contributed by atoms with E-state index in [9.17, 15) is 13.0 Å². The summed E-state index contributed by atoms with van der Waals surface area (Å²) in [5.41, 5.74) is 0. The van der Waals surface area contributed by atoms with Crippen LogP contribution in [0.2, 0.25) is 0 Å². The van der Waals surface area contributed by atoms with Gasteiger partial charge in [0.15, 0.2) is 0 Å². The Morgan fingerprint density at radius 2 is 2.11 bits per heavy atom. The van der Waals surface area contributed by atoms with E-state index in [-0.39, 0.29) is 5.88 Å². The molecule has 0 aliphatic heterocycles. The molecule has 0 aromatic carbocycles. The van der Waals surface area contributed by atoms with Gasteiger partial charge in [0.05, 0.1) is 22.0 Å². The average Bonchev–Trinajstić information content (AvgIpc) is 1.62. The maximum absolute atomic E-state index is 9.83. The van der Waals surface area contributed by atoms with Gasteiger partial charge >= 0.3 is 0 Å². The lowest BCUT2D eigenvalue weighted by Crippen LogP contribution is -2.21. The molecule has 56 valence electrons. The van der Waals surface area contributed by atoms with E-state index in [1.807, 2.05) is 0 Å². The highest BCUT2D eigenvalue weighted by molar-refractivity contribution is 7.85. The fourth-order valence-corrected chi connectivity index (χ4v) is 1.11. The predicted octanol–water partition coefficient (Wildman–Crippen LogP) is -0.869. The Balaban J connectivity index is 3.75. The Kier molecular flexibility index (Phi) is 3.42. The predicted molar refractivity (Wildman–Crippen MR) is 31.3 cm³/mol. The van der Waals surface area contributed by atoms with Gasteiger partial charge in [0.25, 0.3) is 0 Å². The molecular weight excluding hydrogens is 168 g/mol. The molecule has 9 heavy (non-hydrogen) atoms. The summed E-state index contributed by atoms with van der Waals surface area (Å²) < 4.78 is 29.5. The van der Waals surface area contributed by atoms with Crippen molar-refractivity contribution in [3.05, 3.63) is 0 Å². The van der Waals surface area contributed by atoms with Gasteiger partial charge in [0.1, 0.15) is 0 Å². The van der Waals surface area contributed by atoms with Crippen LogP contribution in [0, 0.1) is 0 Å². The topological polar surface area (TPSA) is 77.4 Å². The first-order valence-electron chi connectivity index (χ1n) is 2.13. The van der Waals surface area contributed by atoms with Crippen molar-refractivity contribution in [3.63, 3.8) is 0 Å². The van der Waals surface area contributed by atoms with E-state index < -0.39 is 22.0 Å². The van der Waals surface area contributed by atoms with Gasteiger partial charge < -0.3 is 9.66 Å². The molecule has 0 rings (SSSR count). The van der Waals surface area contributed by atoms with E-state index >= 15 is 0 Å². The van der Waals surface area contributed by atoms with Crippen molar-refractivity contribution in [1.29, 1.82) is 0 Å². The van der Waals surface area contributed by atoms with Crippen molar-refractivity contribution in [3.8, 4) is 0 Å². The molecule has 0 bridgehead atoms. The Morgan fingerprint density at radius 3 is 2.22 bits per heavy atom. The van der Waals surface area contributed by atoms with Crippen molar-refractivity contribution >= 4 is 21.7 Å². The first-order valence-corrected chi connectivity index (χ1v) is 4.24. The van der Waals surface area contributed by atoms with Crippen molar-refractivity contribution in [2.75, 3.05) is 11.6 Å². The second-order valence-corrected chi connectivity index (χ2v) is 3.29. The highest BCUT2D eigenvalue weighted by Gasteiger charge is 2.05. The molecular formula is C3H6ClO4S-. The summed E-state index contributed by atoms with van der Waals surface area (Å²) in [6, 6.07) is 0. The van der Waals surface area contributed by atoms with Crippen LogP contribution in [0.4, 0.5) is 0 Å².